The van der Waals surface area contributed by atoms with Gasteiger partial charge in [0.2, 0.25) is 5.91 Å². The van der Waals surface area contributed by atoms with E-state index in [1.54, 1.807) is 24.1 Å². The Balaban J connectivity index is 1.43. The van der Waals surface area contributed by atoms with Crippen molar-refractivity contribution in [3.8, 4) is 11.1 Å². The van der Waals surface area contributed by atoms with Crippen LogP contribution < -0.4 is 10.9 Å². The van der Waals surface area contributed by atoms with Crippen LogP contribution in [0.5, 0.6) is 0 Å². The smallest absolute Gasteiger partial charge is 0.257 e. The first-order chi connectivity index (χ1) is 18.6. The van der Waals surface area contributed by atoms with E-state index < -0.39 is 23.6 Å². The van der Waals surface area contributed by atoms with Crippen molar-refractivity contribution in [1.82, 2.24) is 20.4 Å². The predicted molar refractivity (Wildman–Crippen MR) is 149 cm³/mol. The highest BCUT2D eigenvalue weighted by atomic mass is 16.5. The molecule has 2 aliphatic heterocycles. The Hall–Kier alpha value is -3.72. The standard InChI is InChI=1S/C28H30B2N5O4/c1-15(2)24(22-13-23(30-29)34-39-22)26(37)35-14-19(36)12-21(35)25-32-27(38)28(4,33-25)18-9-7-17(8-10-18)20-6-5-11-31-16(20)3/h5-11,13,15,19,21,24,36H,12,14H2,1-4H3,(H,32,33,38). The molecule has 2 aliphatic rings. The maximum Gasteiger partial charge on any atom is 0.257 e. The Kier molecular flexibility index (Phi) is 7.20. The Labute approximate surface area is 229 Å². The normalized spacial score (nSPS) is 23.6. The third kappa shape index (κ3) is 4.91. The number of nitrogens with one attached hydrogen (secondary N) is 1. The fourth-order valence-corrected chi connectivity index (χ4v) is 5.43. The maximum absolute atomic E-state index is 13.8. The number of nitrogens with zero attached hydrogens (tertiary/aromatic N) is 4. The molecule has 2 aromatic heterocycles. The highest BCUT2D eigenvalue weighted by Gasteiger charge is 2.48. The van der Waals surface area contributed by atoms with Crippen LogP contribution in [0.15, 0.2) is 58.2 Å². The van der Waals surface area contributed by atoms with Gasteiger partial charge in [-0.3, -0.25) is 14.6 Å². The highest BCUT2D eigenvalue weighted by Crippen LogP contribution is 2.35. The summed E-state index contributed by atoms with van der Waals surface area (Å²) in [5.74, 6) is -0.481. The van der Waals surface area contributed by atoms with E-state index in [-0.39, 0.29) is 30.7 Å². The molecule has 3 radical (unpaired) electrons. The number of amides is 2. The lowest BCUT2D eigenvalue weighted by Gasteiger charge is -2.29. The van der Waals surface area contributed by atoms with Crippen molar-refractivity contribution in [3.05, 3.63) is 65.7 Å². The van der Waals surface area contributed by atoms with Crippen LogP contribution in [0.1, 0.15) is 50.1 Å². The lowest BCUT2D eigenvalue weighted by molar-refractivity contribution is -0.134. The molecule has 0 aliphatic carbocycles. The van der Waals surface area contributed by atoms with Gasteiger partial charge in [-0.05, 0) is 43.0 Å². The van der Waals surface area contributed by atoms with Gasteiger partial charge in [0.1, 0.15) is 24.7 Å². The molecule has 2 amide bonds. The fourth-order valence-electron chi connectivity index (χ4n) is 5.43. The second-order valence-electron chi connectivity index (χ2n) is 10.7. The number of aliphatic imine (C=N–C) groups is 1. The highest BCUT2D eigenvalue weighted by molar-refractivity contribution is 6.97. The molecule has 1 aromatic carbocycles. The number of aliphatic hydroxyl groups excluding tert-OH is 1. The van der Waals surface area contributed by atoms with E-state index in [0.717, 1.165) is 22.4 Å². The van der Waals surface area contributed by atoms with E-state index in [0.29, 0.717) is 17.2 Å². The van der Waals surface area contributed by atoms with Gasteiger partial charge in [-0.2, -0.15) is 0 Å². The molecule has 1 fully saturated rings. The molecule has 4 atom stereocenters. The van der Waals surface area contributed by atoms with Gasteiger partial charge in [0.25, 0.3) is 5.91 Å². The van der Waals surface area contributed by atoms with Crippen molar-refractivity contribution >= 4 is 38.2 Å². The fraction of sp³-hybridized carbons (Fsp3) is 0.393. The van der Waals surface area contributed by atoms with E-state index >= 15 is 0 Å². The van der Waals surface area contributed by atoms with Gasteiger partial charge in [0.05, 0.1) is 12.1 Å². The number of β-amino-alcohol motifs (C(OH)–C–C–N with tert-alkyl or cyclic N) is 1. The molecule has 0 saturated carbocycles. The van der Waals surface area contributed by atoms with E-state index in [4.69, 9.17) is 17.3 Å². The van der Waals surface area contributed by atoms with Gasteiger partial charge >= 0.3 is 0 Å². The number of rotatable bonds is 7. The number of benzene rings is 1. The van der Waals surface area contributed by atoms with Crippen molar-refractivity contribution in [2.24, 2.45) is 10.9 Å². The summed E-state index contributed by atoms with van der Waals surface area (Å²) < 4.78 is 5.43. The predicted octanol–water partition coefficient (Wildman–Crippen LogP) is 1.60. The minimum Gasteiger partial charge on any atom is -0.391 e. The maximum atomic E-state index is 13.8. The zero-order chi connectivity index (χ0) is 27.9. The van der Waals surface area contributed by atoms with Crippen molar-refractivity contribution < 1.29 is 19.2 Å². The minimum atomic E-state index is -1.17. The molecule has 1 saturated heterocycles. The number of aryl methyl sites for hydroxylation is 1. The van der Waals surface area contributed by atoms with Crippen LogP contribution in [0.3, 0.4) is 0 Å². The zero-order valence-electron chi connectivity index (χ0n) is 22.5. The molecule has 5 rings (SSSR count). The van der Waals surface area contributed by atoms with Gasteiger partial charge in [-0.1, -0.05) is 49.3 Å². The second-order valence-corrected chi connectivity index (χ2v) is 10.7. The molecule has 9 nitrogen and oxygen atoms in total. The molecule has 0 bridgehead atoms. The first kappa shape index (κ1) is 26.9. The zero-order valence-corrected chi connectivity index (χ0v) is 22.5. The van der Waals surface area contributed by atoms with Crippen LogP contribution in [-0.4, -0.2) is 71.4 Å². The number of aliphatic hydroxyl groups is 1. The first-order valence-electron chi connectivity index (χ1n) is 13.1. The van der Waals surface area contributed by atoms with Crippen molar-refractivity contribution in [2.75, 3.05) is 6.54 Å². The summed E-state index contributed by atoms with van der Waals surface area (Å²) in [7, 11) is 6.87. The van der Waals surface area contributed by atoms with Crippen LogP contribution in [0, 0.1) is 12.8 Å². The van der Waals surface area contributed by atoms with E-state index in [2.05, 4.69) is 15.5 Å². The van der Waals surface area contributed by atoms with Gasteiger partial charge in [-0.25, -0.2) is 4.99 Å². The first-order valence-corrected chi connectivity index (χ1v) is 13.1. The Bertz CT molecular complexity index is 1420. The molecule has 197 valence electrons. The van der Waals surface area contributed by atoms with Crippen LogP contribution in [0.25, 0.3) is 11.1 Å². The monoisotopic (exact) mass is 522 g/mol. The van der Waals surface area contributed by atoms with Crippen LogP contribution in [0.4, 0.5) is 0 Å². The number of hydrogen-bond acceptors (Lipinski definition) is 7. The number of pyridine rings is 1. The molecular formula is C28H30B2N5O4. The lowest BCUT2D eigenvalue weighted by Crippen LogP contribution is -2.48. The summed E-state index contributed by atoms with van der Waals surface area (Å²) in [5.41, 5.74) is 2.93. The summed E-state index contributed by atoms with van der Waals surface area (Å²) in [6.07, 6.45) is 1.28. The third-order valence-electron chi connectivity index (χ3n) is 7.63. The molecule has 2 N–H and O–H groups in total. The number of amidine groups is 1. The number of hydrogen-bond donors (Lipinski definition) is 2. The molecule has 11 heteroatoms. The van der Waals surface area contributed by atoms with Gasteiger partial charge in [0, 0.05) is 43.8 Å². The molecule has 3 aromatic rings. The quantitative estimate of drug-likeness (QED) is 0.455. The Morgan fingerprint density at radius 1 is 1.28 bits per heavy atom. The molecule has 39 heavy (non-hydrogen) atoms. The number of carbonyl (C=O) groups excluding carboxylic acids is 2. The molecule has 4 unspecified atom stereocenters. The van der Waals surface area contributed by atoms with E-state index in [9.17, 15) is 14.7 Å². The Morgan fingerprint density at radius 3 is 2.67 bits per heavy atom. The van der Waals surface area contributed by atoms with Crippen LogP contribution in [0.2, 0.25) is 0 Å². The average molecular weight is 522 g/mol. The number of aromatic nitrogens is 2. The molecular weight excluding hydrogens is 492 g/mol. The van der Waals surface area contributed by atoms with Crippen molar-refractivity contribution in [2.45, 2.75) is 57.7 Å². The van der Waals surface area contributed by atoms with Crippen molar-refractivity contribution in [3.63, 3.8) is 0 Å². The van der Waals surface area contributed by atoms with E-state index in [1.165, 1.54) is 7.17 Å². The van der Waals surface area contributed by atoms with Gasteiger partial charge < -0.3 is 19.8 Å². The number of carbonyl (C=O) groups is 2. The van der Waals surface area contributed by atoms with Crippen LogP contribution in [-0.2, 0) is 15.1 Å². The average Bonchev–Trinajstić information content (AvgIpc) is 3.62. The molecule has 4 heterocycles. The van der Waals surface area contributed by atoms with E-state index in [1.807, 2.05) is 57.2 Å². The summed E-state index contributed by atoms with van der Waals surface area (Å²) in [4.78, 5) is 37.9. The third-order valence-corrected chi connectivity index (χ3v) is 7.63. The minimum absolute atomic E-state index is 0.109. The van der Waals surface area contributed by atoms with Gasteiger partial charge in [0.15, 0.2) is 5.54 Å². The van der Waals surface area contributed by atoms with Gasteiger partial charge in [-0.15, -0.1) is 0 Å². The number of likely N-dealkylation sites (tertiary alicyclic amines) is 1. The lowest BCUT2D eigenvalue weighted by atomic mass is 9.53. The summed E-state index contributed by atoms with van der Waals surface area (Å²) in [6, 6.07) is 12.7. The second kappa shape index (κ2) is 10.4. The van der Waals surface area contributed by atoms with Crippen molar-refractivity contribution in [1.29, 1.82) is 0 Å². The molecule has 0 spiro atoms. The summed E-state index contributed by atoms with van der Waals surface area (Å²) in [5, 5.41) is 17.4. The summed E-state index contributed by atoms with van der Waals surface area (Å²) in [6.45, 7) is 7.67. The van der Waals surface area contributed by atoms with Crippen LogP contribution >= 0.6 is 0 Å². The Morgan fingerprint density at radius 2 is 2.03 bits per heavy atom. The largest absolute Gasteiger partial charge is 0.391 e. The topological polar surface area (TPSA) is 121 Å². The SMILES string of the molecule is [B][B]c1cc(C(C(=O)N2CC(O)CC2C2=NC(C)(c3ccc(-c4cccnc4C)cc3)C(=O)N2)C(C)C)on1. The summed E-state index contributed by atoms with van der Waals surface area (Å²) >= 11 is 0.